The number of rotatable bonds is 12. The van der Waals surface area contributed by atoms with E-state index in [-0.39, 0.29) is 18.3 Å². The fourth-order valence-corrected chi connectivity index (χ4v) is 3.05. The smallest absolute Gasteiger partial charge is 0.251 e. The minimum Gasteiger partial charge on any atom is -0.508 e. The van der Waals surface area contributed by atoms with Crippen LogP contribution in [-0.4, -0.2) is 55.7 Å². The van der Waals surface area contributed by atoms with Crippen molar-refractivity contribution in [2.45, 2.75) is 6.61 Å². The molecule has 0 saturated carbocycles. The van der Waals surface area contributed by atoms with Crippen molar-refractivity contribution in [3.63, 3.8) is 0 Å². The zero-order valence-corrected chi connectivity index (χ0v) is 17.3. The largest absolute Gasteiger partial charge is 0.508 e. The van der Waals surface area contributed by atoms with Crippen molar-refractivity contribution >= 4 is 16.7 Å². The third-order valence-electron chi connectivity index (χ3n) is 4.64. The Hall–Kier alpha value is -3.13. The molecule has 0 aliphatic rings. The summed E-state index contributed by atoms with van der Waals surface area (Å²) in [7, 11) is 0. The van der Waals surface area contributed by atoms with Crippen LogP contribution in [0, 0.1) is 0 Å². The molecular weight excluding hydrogens is 398 g/mol. The minimum atomic E-state index is -0.220. The number of aromatic hydroxyl groups is 1. The number of ether oxygens (including phenoxy) is 3. The first kappa shape index (κ1) is 22.6. The summed E-state index contributed by atoms with van der Waals surface area (Å²) in [5.41, 5.74) is 1.11. The molecule has 7 heteroatoms. The minimum absolute atomic E-state index is 0.0411. The molecular formula is C24H27NO6. The van der Waals surface area contributed by atoms with E-state index in [0.29, 0.717) is 56.5 Å². The molecule has 3 rings (SSSR count). The number of benzene rings is 3. The lowest BCUT2D eigenvalue weighted by atomic mass is 10.1. The third-order valence-corrected chi connectivity index (χ3v) is 4.64. The molecule has 0 radical (unpaired) electrons. The Morgan fingerprint density at radius 2 is 1.61 bits per heavy atom. The van der Waals surface area contributed by atoms with E-state index in [4.69, 9.17) is 14.2 Å². The predicted octanol–water partition coefficient (Wildman–Crippen LogP) is 2.88. The first-order valence-electron chi connectivity index (χ1n) is 10.2. The molecule has 3 aromatic carbocycles. The first-order valence-corrected chi connectivity index (χ1v) is 10.2. The molecule has 0 unspecified atom stereocenters. The monoisotopic (exact) mass is 425 g/mol. The van der Waals surface area contributed by atoms with Crippen LogP contribution in [0.1, 0.15) is 15.9 Å². The van der Waals surface area contributed by atoms with E-state index in [2.05, 4.69) is 5.32 Å². The van der Waals surface area contributed by atoms with Gasteiger partial charge in [0.1, 0.15) is 18.1 Å². The summed E-state index contributed by atoms with van der Waals surface area (Å²) in [6, 6.07) is 18.0. The van der Waals surface area contributed by atoms with Crippen molar-refractivity contribution in [1.29, 1.82) is 0 Å². The van der Waals surface area contributed by atoms with Crippen molar-refractivity contribution in [3.05, 3.63) is 71.8 Å². The number of carbonyl (C=O) groups excluding carboxylic acids is 1. The van der Waals surface area contributed by atoms with Gasteiger partial charge < -0.3 is 29.7 Å². The van der Waals surface area contributed by atoms with Crippen LogP contribution in [0.3, 0.4) is 0 Å². The number of fused-ring (bicyclic) bond motifs is 1. The molecule has 0 aliphatic heterocycles. The molecule has 0 fully saturated rings. The van der Waals surface area contributed by atoms with Crippen molar-refractivity contribution < 1.29 is 29.2 Å². The first-order chi connectivity index (χ1) is 15.2. The highest BCUT2D eigenvalue weighted by atomic mass is 16.5. The molecule has 0 saturated heterocycles. The number of aliphatic hydroxyl groups excluding tert-OH is 1. The van der Waals surface area contributed by atoms with Crippen molar-refractivity contribution in [3.8, 4) is 11.5 Å². The Kier molecular flexibility index (Phi) is 8.66. The summed E-state index contributed by atoms with van der Waals surface area (Å²) < 4.78 is 16.7. The molecule has 0 spiro atoms. The molecule has 31 heavy (non-hydrogen) atoms. The van der Waals surface area contributed by atoms with Gasteiger partial charge in [-0.2, -0.15) is 0 Å². The summed E-state index contributed by atoms with van der Waals surface area (Å²) in [5, 5.41) is 23.7. The Morgan fingerprint density at radius 1 is 0.871 bits per heavy atom. The summed E-state index contributed by atoms with van der Waals surface area (Å²) in [6.07, 6.45) is 0. The Balaban J connectivity index is 1.28. The number of hydrogen-bond donors (Lipinski definition) is 3. The van der Waals surface area contributed by atoms with E-state index in [9.17, 15) is 15.0 Å². The predicted molar refractivity (Wildman–Crippen MR) is 117 cm³/mol. The van der Waals surface area contributed by atoms with Gasteiger partial charge in [0, 0.05) is 23.1 Å². The van der Waals surface area contributed by atoms with Crippen LogP contribution in [0.25, 0.3) is 10.8 Å². The van der Waals surface area contributed by atoms with Gasteiger partial charge >= 0.3 is 0 Å². The maximum absolute atomic E-state index is 11.9. The molecule has 3 N–H and O–H groups in total. The zero-order chi connectivity index (χ0) is 21.9. The van der Waals surface area contributed by atoms with E-state index in [0.717, 1.165) is 10.8 Å². The maximum atomic E-state index is 11.9. The number of amides is 1. The lowest BCUT2D eigenvalue weighted by molar-refractivity contribution is 0.0372. The fraction of sp³-hybridized carbons (Fsp3) is 0.292. The second-order valence-electron chi connectivity index (χ2n) is 6.81. The van der Waals surface area contributed by atoms with E-state index < -0.39 is 0 Å². The van der Waals surface area contributed by atoms with Crippen molar-refractivity contribution in [2.24, 2.45) is 0 Å². The summed E-state index contributed by atoms with van der Waals surface area (Å²) >= 11 is 0. The van der Waals surface area contributed by atoms with E-state index in [1.165, 1.54) is 0 Å². The number of aliphatic hydroxyl groups is 1. The van der Waals surface area contributed by atoms with Crippen molar-refractivity contribution in [2.75, 3.05) is 39.6 Å². The van der Waals surface area contributed by atoms with Crippen LogP contribution in [0.15, 0.2) is 60.7 Å². The number of carbonyl (C=O) groups is 1. The Morgan fingerprint density at radius 3 is 2.39 bits per heavy atom. The zero-order valence-electron chi connectivity index (χ0n) is 17.3. The summed E-state index contributed by atoms with van der Waals surface area (Å²) in [5.74, 6) is 0.567. The molecule has 7 nitrogen and oxygen atoms in total. The molecule has 0 heterocycles. The SMILES string of the molecule is O=C(NCCOCCOCCOc1cccc2cc(CO)c(O)cc12)c1ccccc1. The van der Waals surface area contributed by atoms with Gasteiger partial charge in [-0.3, -0.25) is 4.79 Å². The van der Waals surface area contributed by atoms with Gasteiger partial charge in [-0.15, -0.1) is 0 Å². The molecule has 164 valence electrons. The molecule has 0 atom stereocenters. The molecule has 0 aliphatic carbocycles. The maximum Gasteiger partial charge on any atom is 0.251 e. The van der Waals surface area contributed by atoms with Gasteiger partial charge in [0.25, 0.3) is 5.91 Å². The standard InChI is InChI=1S/C24H27NO6/c26-17-20-15-19-7-4-8-23(21(19)16-22(20)27)31-14-13-30-12-11-29-10-9-25-24(28)18-5-2-1-3-6-18/h1-8,15-16,26-27H,9-14,17H2,(H,25,28). The fourth-order valence-electron chi connectivity index (χ4n) is 3.05. The van der Waals surface area contributed by atoms with Crippen LogP contribution in [0.5, 0.6) is 11.5 Å². The number of phenols is 1. The van der Waals surface area contributed by atoms with E-state index in [1.54, 1.807) is 24.3 Å². The van der Waals surface area contributed by atoms with Gasteiger partial charge in [0.2, 0.25) is 0 Å². The Labute approximate surface area is 181 Å². The van der Waals surface area contributed by atoms with Crippen LogP contribution < -0.4 is 10.1 Å². The highest BCUT2D eigenvalue weighted by molar-refractivity contribution is 5.94. The van der Waals surface area contributed by atoms with Crippen LogP contribution in [0.2, 0.25) is 0 Å². The molecule has 3 aromatic rings. The molecule has 0 aromatic heterocycles. The number of hydrogen-bond acceptors (Lipinski definition) is 6. The normalized spacial score (nSPS) is 10.9. The van der Waals surface area contributed by atoms with E-state index in [1.807, 2.05) is 36.4 Å². The molecule has 1 amide bonds. The van der Waals surface area contributed by atoms with E-state index >= 15 is 0 Å². The summed E-state index contributed by atoms with van der Waals surface area (Å²) in [6.45, 7) is 2.22. The highest BCUT2D eigenvalue weighted by Crippen LogP contribution is 2.31. The second-order valence-corrected chi connectivity index (χ2v) is 6.81. The Bertz CT molecular complexity index is 976. The van der Waals surface area contributed by atoms with Crippen LogP contribution in [0.4, 0.5) is 0 Å². The second kappa shape index (κ2) is 11.9. The topological polar surface area (TPSA) is 97.3 Å². The van der Waals surface area contributed by atoms with Gasteiger partial charge in [-0.1, -0.05) is 30.3 Å². The molecule has 0 bridgehead atoms. The lowest BCUT2D eigenvalue weighted by Gasteiger charge is -2.11. The van der Waals surface area contributed by atoms with Gasteiger partial charge in [-0.05, 0) is 35.7 Å². The quantitative estimate of drug-likeness (QED) is 0.386. The average Bonchev–Trinajstić information content (AvgIpc) is 2.80. The van der Waals surface area contributed by atoms with Crippen LogP contribution >= 0.6 is 0 Å². The van der Waals surface area contributed by atoms with Crippen molar-refractivity contribution in [1.82, 2.24) is 5.32 Å². The van der Waals surface area contributed by atoms with Gasteiger partial charge in [0.15, 0.2) is 0 Å². The summed E-state index contributed by atoms with van der Waals surface area (Å²) in [4.78, 5) is 11.9. The third kappa shape index (κ3) is 6.68. The van der Waals surface area contributed by atoms with Crippen LogP contribution in [-0.2, 0) is 16.1 Å². The highest BCUT2D eigenvalue weighted by Gasteiger charge is 2.07. The van der Waals surface area contributed by atoms with Gasteiger partial charge in [-0.25, -0.2) is 0 Å². The number of nitrogens with one attached hydrogen (secondary N) is 1. The lowest BCUT2D eigenvalue weighted by Crippen LogP contribution is -2.27. The van der Waals surface area contributed by atoms with Gasteiger partial charge in [0.05, 0.1) is 33.0 Å². The average molecular weight is 425 g/mol.